The van der Waals surface area contributed by atoms with Crippen LogP contribution >= 0.6 is 0 Å². The molecule has 2 nitrogen and oxygen atoms in total. The van der Waals surface area contributed by atoms with Crippen LogP contribution in [0.25, 0.3) is 6.08 Å². The van der Waals surface area contributed by atoms with Crippen molar-refractivity contribution in [2.75, 3.05) is 13.2 Å². The number of benzene rings is 1. The predicted octanol–water partition coefficient (Wildman–Crippen LogP) is 3.10. The minimum absolute atomic E-state index is 0.129. The summed E-state index contributed by atoms with van der Waals surface area (Å²) in [5.41, 5.74) is 1.19. The molecule has 15 heavy (non-hydrogen) atoms. The number of rotatable bonds is 6. The second-order valence-electron chi connectivity index (χ2n) is 3.17. The maximum atomic E-state index is 5.40. The van der Waals surface area contributed by atoms with Crippen molar-refractivity contribution in [3.63, 3.8) is 0 Å². The lowest BCUT2D eigenvalue weighted by atomic mass is 10.2. The van der Waals surface area contributed by atoms with Crippen molar-refractivity contribution in [2.45, 2.75) is 20.1 Å². The molecule has 0 fully saturated rings. The molecule has 0 saturated carbocycles. The third-order valence-electron chi connectivity index (χ3n) is 1.94. The van der Waals surface area contributed by atoms with Gasteiger partial charge < -0.3 is 9.47 Å². The lowest BCUT2D eigenvalue weighted by molar-refractivity contribution is -0.118. The van der Waals surface area contributed by atoms with Crippen molar-refractivity contribution in [1.29, 1.82) is 0 Å². The van der Waals surface area contributed by atoms with Gasteiger partial charge in [-0.2, -0.15) is 0 Å². The largest absolute Gasteiger partial charge is 0.353 e. The first-order chi connectivity index (χ1) is 7.33. The first kappa shape index (κ1) is 12.0. The monoisotopic (exact) mass is 206 g/mol. The molecule has 82 valence electrons. The highest BCUT2D eigenvalue weighted by Gasteiger charge is 1.96. The predicted molar refractivity (Wildman–Crippen MR) is 62.5 cm³/mol. The number of ether oxygens (including phenoxy) is 2. The maximum Gasteiger partial charge on any atom is 0.155 e. The van der Waals surface area contributed by atoms with Crippen LogP contribution in [0.2, 0.25) is 0 Å². The molecule has 1 aromatic rings. The van der Waals surface area contributed by atoms with Crippen LogP contribution in [0.1, 0.15) is 19.4 Å². The molecule has 2 heteroatoms. The topological polar surface area (TPSA) is 18.5 Å². The molecule has 0 aliphatic rings. The van der Waals surface area contributed by atoms with E-state index in [1.54, 1.807) is 0 Å². The normalized spacial score (nSPS) is 13.2. The van der Waals surface area contributed by atoms with Crippen LogP contribution in [0.4, 0.5) is 0 Å². The summed E-state index contributed by atoms with van der Waals surface area (Å²) in [6.45, 7) is 5.12. The van der Waals surface area contributed by atoms with Gasteiger partial charge in [-0.25, -0.2) is 0 Å². The molecule has 0 radical (unpaired) electrons. The Morgan fingerprint density at radius 3 is 2.60 bits per heavy atom. The minimum Gasteiger partial charge on any atom is -0.353 e. The fourth-order valence-electron chi connectivity index (χ4n) is 1.22. The summed E-state index contributed by atoms with van der Waals surface area (Å²) in [7, 11) is 0. The summed E-state index contributed by atoms with van der Waals surface area (Å²) < 4.78 is 10.6. The van der Waals surface area contributed by atoms with Gasteiger partial charge in [-0.15, -0.1) is 0 Å². The molecule has 0 aliphatic carbocycles. The van der Waals surface area contributed by atoms with Crippen LogP contribution < -0.4 is 0 Å². The van der Waals surface area contributed by atoms with Crippen LogP contribution in [0, 0.1) is 0 Å². The third kappa shape index (κ3) is 5.35. The number of hydrogen-bond donors (Lipinski definition) is 0. The Labute approximate surface area is 91.5 Å². The smallest absolute Gasteiger partial charge is 0.155 e. The zero-order chi connectivity index (χ0) is 10.9. The van der Waals surface area contributed by atoms with E-state index in [1.807, 2.05) is 44.2 Å². The van der Waals surface area contributed by atoms with Gasteiger partial charge in [0.05, 0.1) is 6.61 Å². The summed E-state index contributed by atoms with van der Waals surface area (Å²) >= 11 is 0. The van der Waals surface area contributed by atoms with Crippen LogP contribution in [0.3, 0.4) is 0 Å². The molecule has 1 rings (SSSR count). The van der Waals surface area contributed by atoms with E-state index < -0.39 is 0 Å². The van der Waals surface area contributed by atoms with Crippen molar-refractivity contribution in [3.05, 3.63) is 42.0 Å². The second kappa shape index (κ2) is 7.21. The van der Waals surface area contributed by atoms with E-state index in [-0.39, 0.29) is 6.29 Å². The number of hydrogen-bond acceptors (Lipinski definition) is 2. The summed E-state index contributed by atoms with van der Waals surface area (Å²) in [6, 6.07) is 10.2. The molecule has 0 amide bonds. The fraction of sp³-hybridized carbons (Fsp3) is 0.385. The van der Waals surface area contributed by atoms with Gasteiger partial charge in [0.2, 0.25) is 0 Å². The third-order valence-corrected chi connectivity index (χ3v) is 1.94. The van der Waals surface area contributed by atoms with Crippen molar-refractivity contribution in [3.8, 4) is 0 Å². The van der Waals surface area contributed by atoms with E-state index in [2.05, 4.69) is 12.1 Å². The molecular weight excluding hydrogens is 188 g/mol. The van der Waals surface area contributed by atoms with Crippen molar-refractivity contribution in [2.24, 2.45) is 0 Å². The standard InChI is InChI=1S/C13H18O2/c1-3-14-12(2)15-11-7-10-13-8-5-4-6-9-13/h4-10,12H,3,11H2,1-2H3/b10-7+/t12-/m1/s1. The fourth-order valence-corrected chi connectivity index (χ4v) is 1.22. The zero-order valence-electron chi connectivity index (χ0n) is 9.35. The van der Waals surface area contributed by atoms with Crippen molar-refractivity contribution >= 4 is 6.08 Å². The van der Waals surface area contributed by atoms with Crippen molar-refractivity contribution < 1.29 is 9.47 Å². The van der Waals surface area contributed by atoms with Crippen molar-refractivity contribution in [1.82, 2.24) is 0 Å². The van der Waals surface area contributed by atoms with Gasteiger partial charge in [0, 0.05) is 6.61 Å². The maximum absolute atomic E-state index is 5.40. The summed E-state index contributed by atoms with van der Waals surface area (Å²) in [6.07, 6.45) is 3.90. The summed E-state index contributed by atoms with van der Waals surface area (Å²) in [5, 5.41) is 0. The van der Waals surface area contributed by atoms with Crippen LogP contribution in [-0.2, 0) is 9.47 Å². The van der Waals surface area contributed by atoms with Gasteiger partial charge >= 0.3 is 0 Å². The summed E-state index contributed by atoms with van der Waals surface area (Å²) in [4.78, 5) is 0. The molecule has 0 aliphatic heterocycles. The Balaban J connectivity index is 2.23. The van der Waals surface area contributed by atoms with Crippen LogP contribution in [0.5, 0.6) is 0 Å². The van der Waals surface area contributed by atoms with E-state index in [0.29, 0.717) is 13.2 Å². The molecule has 0 saturated heterocycles. The molecule has 0 aromatic heterocycles. The van der Waals surface area contributed by atoms with E-state index in [1.165, 1.54) is 5.56 Å². The lowest BCUT2D eigenvalue weighted by Crippen LogP contribution is -2.12. The zero-order valence-corrected chi connectivity index (χ0v) is 9.35. The first-order valence-corrected chi connectivity index (χ1v) is 5.27. The Kier molecular flexibility index (Phi) is 5.74. The Hall–Kier alpha value is -1.12. The van der Waals surface area contributed by atoms with E-state index in [4.69, 9.17) is 9.47 Å². The SMILES string of the molecule is CCO[C@@H](C)OC/C=C/c1ccccc1. The van der Waals surface area contributed by atoms with E-state index >= 15 is 0 Å². The van der Waals surface area contributed by atoms with Gasteiger partial charge in [-0.05, 0) is 19.4 Å². The van der Waals surface area contributed by atoms with Gasteiger partial charge in [-0.1, -0.05) is 42.5 Å². The lowest BCUT2D eigenvalue weighted by Gasteiger charge is -2.10. The summed E-state index contributed by atoms with van der Waals surface area (Å²) in [5.74, 6) is 0. The van der Waals surface area contributed by atoms with E-state index in [0.717, 1.165) is 0 Å². The highest BCUT2D eigenvalue weighted by molar-refractivity contribution is 5.48. The van der Waals surface area contributed by atoms with Gasteiger partial charge in [-0.3, -0.25) is 0 Å². The highest BCUT2D eigenvalue weighted by Crippen LogP contribution is 2.01. The molecule has 0 unspecified atom stereocenters. The van der Waals surface area contributed by atoms with Crippen LogP contribution in [-0.4, -0.2) is 19.5 Å². The van der Waals surface area contributed by atoms with Crippen LogP contribution in [0.15, 0.2) is 36.4 Å². The molecule has 1 aromatic carbocycles. The molecule has 0 N–H and O–H groups in total. The highest BCUT2D eigenvalue weighted by atomic mass is 16.7. The molecule has 0 heterocycles. The molecule has 0 bridgehead atoms. The molecular formula is C13H18O2. The molecule has 0 spiro atoms. The Bertz CT molecular complexity index is 280. The first-order valence-electron chi connectivity index (χ1n) is 5.27. The Morgan fingerprint density at radius 1 is 1.20 bits per heavy atom. The average Bonchev–Trinajstić information content (AvgIpc) is 2.26. The van der Waals surface area contributed by atoms with Gasteiger partial charge in [0.25, 0.3) is 0 Å². The second-order valence-corrected chi connectivity index (χ2v) is 3.17. The average molecular weight is 206 g/mol. The Morgan fingerprint density at radius 2 is 1.93 bits per heavy atom. The minimum atomic E-state index is -0.129. The van der Waals surface area contributed by atoms with Gasteiger partial charge in [0.1, 0.15) is 0 Å². The quantitative estimate of drug-likeness (QED) is 0.666. The molecule has 1 atom stereocenters. The van der Waals surface area contributed by atoms with E-state index in [9.17, 15) is 0 Å². The van der Waals surface area contributed by atoms with Gasteiger partial charge in [0.15, 0.2) is 6.29 Å².